The third kappa shape index (κ3) is 4.81. The highest BCUT2D eigenvalue weighted by atomic mass is 32.2. The van der Waals surface area contributed by atoms with Crippen molar-refractivity contribution in [1.82, 2.24) is 19.6 Å². The quantitative estimate of drug-likeness (QED) is 0.438. The summed E-state index contributed by atoms with van der Waals surface area (Å²) in [5.74, 6) is -1.10. The zero-order chi connectivity index (χ0) is 26.3. The molecule has 1 aliphatic rings. The van der Waals surface area contributed by atoms with Gasteiger partial charge in [-0.3, -0.25) is 4.79 Å². The topological polar surface area (TPSA) is 130 Å². The molecule has 14 heteroatoms. The maximum Gasteiger partial charge on any atom is 0.416 e. The van der Waals surface area contributed by atoms with Gasteiger partial charge in [0.25, 0.3) is 0 Å². The second-order valence-corrected chi connectivity index (χ2v) is 9.74. The predicted octanol–water partition coefficient (Wildman–Crippen LogP) is 2.71. The van der Waals surface area contributed by atoms with Gasteiger partial charge in [0.1, 0.15) is 17.3 Å². The molecular weight excluding hydrogens is 504 g/mol. The van der Waals surface area contributed by atoms with Crippen LogP contribution in [0.4, 0.5) is 29.2 Å². The Bertz CT molecular complexity index is 1450. The van der Waals surface area contributed by atoms with Gasteiger partial charge in [-0.05, 0) is 29.8 Å². The maximum absolute atomic E-state index is 15.2. The number of nitrogens with one attached hydrogen (secondary N) is 2. The number of benzene rings is 2. The van der Waals surface area contributed by atoms with Gasteiger partial charge in [-0.15, -0.1) is 0 Å². The van der Waals surface area contributed by atoms with Gasteiger partial charge in [-0.25, -0.2) is 22.8 Å². The molecule has 4 N–H and O–H groups in total. The summed E-state index contributed by atoms with van der Waals surface area (Å²) in [5, 5.41) is 5.21. The number of carbonyl (C=O) groups excluding carboxylic acids is 1. The molecule has 2 heterocycles. The number of carbonyl (C=O) groups is 1. The van der Waals surface area contributed by atoms with Crippen LogP contribution in [0.1, 0.15) is 5.56 Å². The molecular formula is C22H20F4N6O3S. The van der Waals surface area contributed by atoms with Gasteiger partial charge in [0.15, 0.2) is 5.82 Å². The second-order valence-electron chi connectivity index (χ2n) is 7.83. The van der Waals surface area contributed by atoms with Gasteiger partial charge in [-0.1, -0.05) is 12.1 Å². The summed E-state index contributed by atoms with van der Waals surface area (Å²) in [5.41, 5.74) is 4.43. The Morgan fingerprint density at radius 2 is 1.86 bits per heavy atom. The number of anilines is 2. The first-order chi connectivity index (χ1) is 16.9. The monoisotopic (exact) mass is 524 g/mol. The minimum Gasteiger partial charge on any atom is -0.382 e. The van der Waals surface area contributed by atoms with Gasteiger partial charge < -0.3 is 16.4 Å². The highest BCUT2D eigenvalue weighted by Crippen LogP contribution is 2.38. The van der Waals surface area contributed by atoms with Gasteiger partial charge in [0, 0.05) is 31.3 Å². The van der Waals surface area contributed by atoms with Crippen LogP contribution in [0.3, 0.4) is 0 Å². The number of sulfonamides is 1. The summed E-state index contributed by atoms with van der Waals surface area (Å²) in [4.78, 5) is 19.2. The number of alkyl halides is 3. The normalized spacial score (nSPS) is 15.0. The van der Waals surface area contributed by atoms with E-state index in [4.69, 9.17) is 5.73 Å². The van der Waals surface area contributed by atoms with Crippen LogP contribution in [-0.2, 0) is 21.0 Å². The third-order valence-electron chi connectivity index (χ3n) is 5.49. The number of nitrogens with zero attached hydrogens (tertiary/aromatic N) is 3. The number of nitrogen functional groups attached to an aromatic ring is 1. The number of nitrogens with two attached hydrogens (primary N) is 1. The average Bonchev–Trinajstić information content (AvgIpc) is 2.83. The molecule has 0 aliphatic carbocycles. The molecule has 4 rings (SSSR count). The largest absolute Gasteiger partial charge is 0.416 e. The molecule has 1 aromatic heterocycles. The SMILES string of the molecule is CNc1nc(N)cnc1-c1ccc(-c2ccc(C(F)(F)F)cc2S(=O)(=O)N2CCNC(=O)C2)cc1F. The van der Waals surface area contributed by atoms with Gasteiger partial charge in [0.05, 0.1) is 23.2 Å². The number of halogens is 4. The Kier molecular flexibility index (Phi) is 6.58. The van der Waals surface area contributed by atoms with Crippen molar-refractivity contribution in [2.75, 3.05) is 37.7 Å². The molecule has 36 heavy (non-hydrogen) atoms. The lowest BCUT2D eigenvalue weighted by molar-refractivity contribution is -0.137. The van der Waals surface area contributed by atoms with E-state index in [0.717, 1.165) is 16.4 Å². The Hall–Kier alpha value is -3.78. The van der Waals surface area contributed by atoms with E-state index < -0.39 is 44.9 Å². The molecule has 3 aromatic rings. The van der Waals surface area contributed by atoms with E-state index in [9.17, 15) is 26.4 Å². The van der Waals surface area contributed by atoms with Gasteiger partial charge >= 0.3 is 6.18 Å². The molecule has 0 bridgehead atoms. The number of amides is 1. The minimum atomic E-state index is -4.82. The summed E-state index contributed by atoms with van der Waals surface area (Å²) in [7, 11) is -3.00. The summed E-state index contributed by atoms with van der Waals surface area (Å²) < 4.78 is 83.0. The van der Waals surface area contributed by atoms with E-state index in [2.05, 4.69) is 20.6 Å². The van der Waals surface area contributed by atoms with Crippen LogP contribution in [0.15, 0.2) is 47.5 Å². The van der Waals surface area contributed by atoms with Crippen LogP contribution < -0.4 is 16.4 Å². The minimum absolute atomic E-state index is 0.00606. The second kappa shape index (κ2) is 9.35. The first-order valence-electron chi connectivity index (χ1n) is 10.5. The highest BCUT2D eigenvalue weighted by Gasteiger charge is 2.36. The summed E-state index contributed by atoms with van der Waals surface area (Å²) in [6.45, 7) is -0.667. The van der Waals surface area contributed by atoms with Crippen molar-refractivity contribution in [3.63, 3.8) is 0 Å². The fourth-order valence-electron chi connectivity index (χ4n) is 3.76. The number of rotatable bonds is 5. The molecule has 0 unspecified atom stereocenters. The zero-order valence-electron chi connectivity index (χ0n) is 18.7. The van der Waals surface area contributed by atoms with E-state index in [-0.39, 0.29) is 47.1 Å². The molecule has 1 fully saturated rings. The fourth-order valence-corrected chi connectivity index (χ4v) is 5.40. The standard InChI is InChI=1S/C22H20F4N6O3S/c1-28-21-20(30-10-18(27)31-21)15-4-2-12(8-16(15)23)14-5-3-13(22(24,25)26)9-17(14)36(34,35)32-7-6-29-19(33)11-32/h2-5,8-10H,6-7,11H2,1H3,(H,29,33)(H3,27,28,31). The van der Waals surface area contributed by atoms with Crippen LogP contribution in [0.25, 0.3) is 22.4 Å². The van der Waals surface area contributed by atoms with Crippen molar-refractivity contribution in [3.05, 3.63) is 54.0 Å². The van der Waals surface area contributed by atoms with E-state index >= 15 is 4.39 Å². The van der Waals surface area contributed by atoms with E-state index in [0.29, 0.717) is 12.1 Å². The summed E-state index contributed by atoms with van der Waals surface area (Å²) >= 11 is 0. The third-order valence-corrected chi connectivity index (χ3v) is 7.38. The van der Waals surface area contributed by atoms with E-state index in [1.165, 1.54) is 18.3 Å². The molecule has 1 saturated heterocycles. The first kappa shape index (κ1) is 25.3. The van der Waals surface area contributed by atoms with Crippen molar-refractivity contribution in [3.8, 4) is 22.4 Å². The van der Waals surface area contributed by atoms with E-state index in [1.54, 1.807) is 7.05 Å². The van der Waals surface area contributed by atoms with Crippen molar-refractivity contribution in [1.29, 1.82) is 0 Å². The van der Waals surface area contributed by atoms with Crippen molar-refractivity contribution in [2.24, 2.45) is 0 Å². The van der Waals surface area contributed by atoms with Crippen molar-refractivity contribution in [2.45, 2.75) is 11.1 Å². The predicted molar refractivity (Wildman–Crippen MR) is 124 cm³/mol. The van der Waals surface area contributed by atoms with Crippen molar-refractivity contribution >= 4 is 27.6 Å². The fraction of sp³-hybridized carbons (Fsp3) is 0.227. The number of hydrogen-bond donors (Lipinski definition) is 3. The van der Waals surface area contributed by atoms with Crippen LogP contribution in [0.2, 0.25) is 0 Å². The molecule has 0 saturated carbocycles. The Morgan fingerprint density at radius 1 is 1.14 bits per heavy atom. The van der Waals surface area contributed by atoms with Crippen LogP contribution in [-0.4, -0.2) is 55.3 Å². The molecule has 0 atom stereocenters. The molecule has 1 amide bonds. The van der Waals surface area contributed by atoms with Gasteiger partial charge in [-0.2, -0.15) is 17.5 Å². The zero-order valence-corrected chi connectivity index (χ0v) is 19.5. The summed E-state index contributed by atoms with van der Waals surface area (Å²) in [6.07, 6.45) is -3.59. The smallest absolute Gasteiger partial charge is 0.382 e. The Balaban J connectivity index is 1.85. The van der Waals surface area contributed by atoms with Gasteiger partial charge in [0.2, 0.25) is 15.9 Å². The number of aromatic nitrogens is 2. The molecule has 0 radical (unpaired) electrons. The molecule has 1 aliphatic heterocycles. The maximum atomic E-state index is 15.2. The van der Waals surface area contributed by atoms with Crippen LogP contribution in [0, 0.1) is 5.82 Å². The first-order valence-corrected chi connectivity index (χ1v) is 11.9. The number of piperazine rings is 1. The summed E-state index contributed by atoms with van der Waals surface area (Å²) in [6, 6.07) is 5.85. The highest BCUT2D eigenvalue weighted by molar-refractivity contribution is 7.89. The molecule has 9 nitrogen and oxygen atoms in total. The molecule has 190 valence electrons. The van der Waals surface area contributed by atoms with Crippen LogP contribution in [0.5, 0.6) is 0 Å². The molecule has 2 aromatic carbocycles. The molecule has 0 spiro atoms. The number of hydrogen-bond acceptors (Lipinski definition) is 7. The lowest BCUT2D eigenvalue weighted by Gasteiger charge is -2.27. The lowest BCUT2D eigenvalue weighted by Crippen LogP contribution is -2.49. The van der Waals surface area contributed by atoms with E-state index in [1.807, 2.05) is 0 Å². The average molecular weight is 525 g/mol. The Labute approximate surface area is 203 Å². The van der Waals surface area contributed by atoms with Crippen LogP contribution >= 0.6 is 0 Å². The lowest BCUT2D eigenvalue weighted by atomic mass is 10.0. The van der Waals surface area contributed by atoms with Crippen molar-refractivity contribution < 1.29 is 30.8 Å². The Morgan fingerprint density at radius 3 is 2.50 bits per heavy atom.